The van der Waals surface area contributed by atoms with Crippen molar-refractivity contribution in [3.63, 3.8) is 0 Å². The van der Waals surface area contributed by atoms with E-state index in [1.165, 1.54) is 5.56 Å². The van der Waals surface area contributed by atoms with E-state index in [2.05, 4.69) is 59.6 Å². The van der Waals surface area contributed by atoms with Crippen molar-refractivity contribution in [1.82, 2.24) is 4.90 Å². The highest BCUT2D eigenvalue weighted by molar-refractivity contribution is 5.89. The van der Waals surface area contributed by atoms with Gasteiger partial charge in [0.15, 0.2) is 0 Å². The van der Waals surface area contributed by atoms with Crippen molar-refractivity contribution in [2.24, 2.45) is 5.92 Å². The third-order valence-corrected chi connectivity index (χ3v) is 6.02. The molecule has 0 bridgehead atoms. The normalized spacial score (nSPS) is 25.3. The molecule has 1 aliphatic rings. The molecule has 0 saturated carbocycles. The van der Waals surface area contributed by atoms with Gasteiger partial charge in [-0.05, 0) is 68.3 Å². The lowest BCUT2D eigenvalue weighted by atomic mass is 9.69. The molecule has 23 heavy (non-hydrogen) atoms. The van der Waals surface area contributed by atoms with E-state index >= 15 is 0 Å². The minimum absolute atomic E-state index is 0.0238. The highest BCUT2D eigenvalue weighted by Crippen LogP contribution is 2.43. The van der Waals surface area contributed by atoms with Crippen LogP contribution >= 0.6 is 0 Å². The first-order valence-corrected chi connectivity index (χ1v) is 8.55. The van der Waals surface area contributed by atoms with Crippen molar-refractivity contribution in [3.8, 4) is 0 Å². The van der Waals surface area contributed by atoms with Gasteiger partial charge in [-0.3, -0.25) is 0 Å². The molecule has 0 aromatic heterocycles. The summed E-state index contributed by atoms with van der Waals surface area (Å²) >= 11 is 0. The second kappa shape index (κ2) is 5.94. The Hall–Kier alpha value is -1.35. The second-order valence-electron chi connectivity index (χ2n) is 8.62. The molecule has 0 aliphatic carbocycles. The predicted octanol–water partition coefficient (Wildman–Crippen LogP) is 4.52. The fraction of sp³-hybridized carbons (Fsp3) is 0.650. The van der Waals surface area contributed by atoms with E-state index in [0.717, 1.165) is 18.5 Å². The number of carboxylic acid groups (broad SMARTS) is 1. The summed E-state index contributed by atoms with van der Waals surface area (Å²) < 4.78 is 0. The van der Waals surface area contributed by atoms with Crippen LogP contribution in [0.3, 0.4) is 0 Å². The number of likely N-dealkylation sites (tertiary alicyclic amines) is 1. The third kappa shape index (κ3) is 3.30. The SMILES string of the molecule is CC1C(c2cc(C(C)(C)C)ccc2C(=O)O)CCN(C)C1(C)C. The van der Waals surface area contributed by atoms with Gasteiger partial charge in [-0.15, -0.1) is 0 Å². The van der Waals surface area contributed by atoms with Gasteiger partial charge in [-0.2, -0.15) is 0 Å². The van der Waals surface area contributed by atoms with Crippen LogP contribution in [0.4, 0.5) is 0 Å². The highest BCUT2D eigenvalue weighted by Gasteiger charge is 2.41. The van der Waals surface area contributed by atoms with Crippen molar-refractivity contribution in [2.75, 3.05) is 13.6 Å². The van der Waals surface area contributed by atoms with Crippen LogP contribution in [0.15, 0.2) is 18.2 Å². The van der Waals surface area contributed by atoms with Crippen LogP contribution in [-0.2, 0) is 5.41 Å². The summed E-state index contributed by atoms with van der Waals surface area (Å²) in [4.78, 5) is 14.1. The molecule has 1 N–H and O–H groups in total. The molecule has 1 aliphatic heterocycles. The molecule has 1 heterocycles. The molecule has 1 aromatic rings. The van der Waals surface area contributed by atoms with E-state index in [1.807, 2.05) is 6.07 Å². The van der Waals surface area contributed by atoms with Gasteiger partial charge in [0.1, 0.15) is 0 Å². The number of carbonyl (C=O) groups is 1. The lowest BCUT2D eigenvalue weighted by Crippen LogP contribution is -2.53. The van der Waals surface area contributed by atoms with Crippen LogP contribution in [0, 0.1) is 5.92 Å². The Balaban J connectivity index is 2.54. The van der Waals surface area contributed by atoms with Crippen molar-refractivity contribution in [2.45, 2.75) is 64.8 Å². The third-order valence-electron chi connectivity index (χ3n) is 6.02. The predicted molar refractivity (Wildman–Crippen MR) is 95.3 cm³/mol. The largest absolute Gasteiger partial charge is 0.478 e. The van der Waals surface area contributed by atoms with Crippen LogP contribution in [0.25, 0.3) is 0 Å². The molecule has 2 rings (SSSR count). The molecular formula is C20H31NO2. The number of hydrogen-bond donors (Lipinski definition) is 1. The van der Waals surface area contributed by atoms with Crippen LogP contribution in [0.1, 0.15) is 75.4 Å². The molecule has 1 aromatic carbocycles. The Morgan fingerprint density at radius 1 is 1.30 bits per heavy atom. The number of nitrogens with zero attached hydrogens (tertiary/aromatic N) is 1. The van der Waals surface area contributed by atoms with Crippen LogP contribution < -0.4 is 0 Å². The Kier molecular flexibility index (Phi) is 4.64. The minimum atomic E-state index is -0.815. The van der Waals surface area contributed by atoms with E-state index in [1.54, 1.807) is 6.07 Å². The molecule has 3 nitrogen and oxygen atoms in total. The summed E-state index contributed by atoms with van der Waals surface area (Å²) in [6.45, 7) is 14.3. The van der Waals surface area contributed by atoms with E-state index < -0.39 is 5.97 Å². The first-order chi connectivity index (χ1) is 10.5. The fourth-order valence-electron chi connectivity index (χ4n) is 3.67. The fourth-order valence-corrected chi connectivity index (χ4v) is 3.67. The monoisotopic (exact) mass is 317 g/mol. The zero-order valence-electron chi connectivity index (χ0n) is 15.6. The van der Waals surface area contributed by atoms with Crippen molar-refractivity contribution in [3.05, 3.63) is 34.9 Å². The zero-order valence-corrected chi connectivity index (χ0v) is 15.6. The Labute approximate surface area is 140 Å². The van der Waals surface area contributed by atoms with Gasteiger partial charge in [0.05, 0.1) is 5.56 Å². The second-order valence-corrected chi connectivity index (χ2v) is 8.62. The van der Waals surface area contributed by atoms with Gasteiger partial charge in [0.2, 0.25) is 0 Å². The maximum absolute atomic E-state index is 11.7. The Morgan fingerprint density at radius 3 is 2.43 bits per heavy atom. The number of hydrogen-bond acceptors (Lipinski definition) is 2. The highest BCUT2D eigenvalue weighted by atomic mass is 16.4. The van der Waals surface area contributed by atoms with Crippen molar-refractivity contribution in [1.29, 1.82) is 0 Å². The standard InChI is InChI=1S/C20H31NO2/c1-13-15(10-11-21(7)20(13,5)6)17-12-14(19(2,3)4)8-9-16(17)18(22)23/h8-9,12-13,15H,10-11H2,1-7H3,(H,22,23). The summed E-state index contributed by atoms with van der Waals surface area (Å²) in [5, 5.41) is 9.65. The number of aromatic carboxylic acids is 1. The molecule has 0 spiro atoms. The lowest BCUT2D eigenvalue weighted by molar-refractivity contribution is 0.0378. The summed E-state index contributed by atoms with van der Waals surface area (Å²) in [6.07, 6.45) is 1.01. The number of benzene rings is 1. The van der Waals surface area contributed by atoms with Gasteiger partial charge in [-0.1, -0.05) is 39.8 Å². The average Bonchev–Trinajstić information content (AvgIpc) is 2.44. The smallest absolute Gasteiger partial charge is 0.335 e. The molecule has 0 amide bonds. The molecule has 1 fully saturated rings. The topological polar surface area (TPSA) is 40.5 Å². The maximum atomic E-state index is 11.7. The molecule has 1 saturated heterocycles. The van der Waals surface area contributed by atoms with Gasteiger partial charge in [0, 0.05) is 5.54 Å². The molecule has 3 heteroatoms. The van der Waals surface area contributed by atoms with E-state index in [4.69, 9.17) is 0 Å². The van der Waals surface area contributed by atoms with Gasteiger partial charge < -0.3 is 10.0 Å². The van der Waals surface area contributed by atoms with Crippen LogP contribution in [0.2, 0.25) is 0 Å². The summed E-state index contributed by atoms with van der Waals surface area (Å²) in [7, 11) is 2.16. The van der Waals surface area contributed by atoms with Crippen LogP contribution in [-0.4, -0.2) is 35.1 Å². The number of rotatable bonds is 2. The molecule has 128 valence electrons. The maximum Gasteiger partial charge on any atom is 0.335 e. The zero-order chi connectivity index (χ0) is 17.6. The Bertz CT molecular complexity index is 598. The van der Waals surface area contributed by atoms with E-state index in [-0.39, 0.29) is 16.9 Å². The minimum Gasteiger partial charge on any atom is -0.478 e. The van der Waals surface area contributed by atoms with Crippen LogP contribution in [0.5, 0.6) is 0 Å². The first-order valence-electron chi connectivity index (χ1n) is 8.55. The summed E-state index contributed by atoms with van der Waals surface area (Å²) in [6, 6.07) is 5.92. The summed E-state index contributed by atoms with van der Waals surface area (Å²) in [5.74, 6) is -0.131. The average molecular weight is 317 g/mol. The van der Waals surface area contributed by atoms with Gasteiger partial charge in [0.25, 0.3) is 0 Å². The van der Waals surface area contributed by atoms with E-state index in [0.29, 0.717) is 11.5 Å². The van der Waals surface area contributed by atoms with Crippen molar-refractivity contribution >= 4 is 5.97 Å². The number of piperidine rings is 1. The van der Waals surface area contributed by atoms with Gasteiger partial charge >= 0.3 is 5.97 Å². The lowest BCUT2D eigenvalue weighted by Gasteiger charge is -2.49. The first kappa shape index (κ1) is 18.0. The molecular weight excluding hydrogens is 286 g/mol. The van der Waals surface area contributed by atoms with E-state index in [9.17, 15) is 9.90 Å². The molecule has 0 radical (unpaired) electrons. The molecule has 2 atom stereocenters. The summed E-state index contributed by atoms with van der Waals surface area (Å²) in [5.41, 5.74) is 2.78. The number of carboxylic acids is 1. The van der Waals surface area contributed by atoms with Crippen molar-refractivity contribution < 1.29 is 9.90 Å². The quantitative estimate of drug-likeness (QED) is 0.872. The Morgan fingerprint density at radius 2 is 1.91 bits per heavy atom. The van der Waals surface area contributed by atoms with Gasteiger partial charge in [-0.25, -0.2) is 4.79 Å². The molecule has 2 unspecified atom stereocenters.